The van der Waals surface area contributed by atoms with Crippen LogP contribution >= 0.6 is 0 Å². The molecule has 0 aromatic heterocycles. The van der Waals surface area contributed by atoms with Gasteiger partial charge in [-0.1, -0.05) is 25.7 Å². The van der Waals surface area contributed by atoms with Gasteiger partial charge in [0.15, 0.2) is 6.29 Å². The zero-order chi connectivity index (χ0) is 28.9. The van der Waals surface area contributed by atoms with Crippen LogP contribution in [-0.2, 0) is 23.8 Å². The summed E-state index contributed by atoms with van der Waals surface area (Å²) in [7, 11) is 0. The fourth-order valence-corrected chi connectivity index (χ4v) is 10.0. The maximum Gasteiger partial charge on any atom is 0.302 e. The van der Waals surface area contributed by atoms with Crippen LogP contribution in [0.25, 0.3) is 0 Å². The number of rotatable bonds is 5. The second-order valence-electron chi connectivity index (χ2n) is 15.1. The molecule has 10 atom stereocenters. The monoisotopic (exact) mass is 556 g/mol. The van der Waals surface area contributed by atoms with E-state index in [0.29, 0.717) is 36.4 Å². The number of esters is 1. The number of fused-ring (bicyclic) bond motifs is 5. The molecule has 6 heteroatoms. The Bertz CT molecular complexity index is 1030. The van der Waals surface area contributed by atoms with E-state index in [2.05, 4.69) is 25.7 Å². The van der Waals surface area contributed by atoms with Crippen LogP contribution in [0, 0.1) is 52.3 Å². The van der Waals surface area contributed by atoms with Gasteiger partial charge >= 0.3 is 5.97 Å². The highest BCUT2D eigenvalue weighted by Gasteiger charge is 2.65. The third kappa shape index (κ3) is 5.64. The van der Waals surface area contributed by atoms with Crippen LogP contribution in [0.15, 0.2) is 0 Å². The third-order valence-corrected chi connectivity index (χ3v) is 11.8. The number of carbonyl (C=O) groups is 2. The van der Waals surface area contributed by atoms with E-state index in [-0.39, 0.29) is 41.0 Å². The Morgan fingerprint density at radius 2 is 1.85 bits per heavy atom. The zero-order valence-corrected chi connectivity index (χ0v) is 25.7. The van der Waals surface area contributed by atoms with Crippen LogP contribution in [0.5, 0.6) is 0 Å². The van der Waals surface area contributed by atoms with E-state index < -0.39 is 11.2 Å². The van der Waals surface area contributed by atoms with E-state index in [4.69, 9.17) is 14.2 Å². The molecule has 4 aliphatic carbocycles. The summed E-state index contributed by atoms with van der Waals surface area (Å²) in [5, 5.41) is 11.8. The summed E-state index contributed by atoms with van der Waals surface area (Å²) < 4.78 is 17.6. The summed E-state index contributed by atoms with van der Waals surface area (Å²) in [4.78, 5) is 25.7. The Morgan fingerprint density at radius 3 is 2.55 bits per heavy atom. The largest absolute Gasteiger partial charge is 0.463 e. The third-order valence-electron chi connectivity index (χ3n) is 11.8. The molecule has 5 rings (SSSR count). The quantitative estimate of drug-likeness (QED) is 0.320. The average molecular weight is 557 g/mol. The maximum absolute atomic E-state index is 14.1. The molecule has 5 aliphatic rings. The van der Waals surface area contributed by atoms with E-state index in [1.54, 1.807) is 0 Å². The molecule has 0 aromatic carbocycles. The van der Waals surface area contributed by atoms with Crippen molar-refractivity contribution in [1.82, 2.24) is 0 Å². The zero-order valence-electron chi connectivity index (χ0n) is 25.7. The highest BCUT2D eigenvalue weighted by atomic mass is 16.7. The predicted octanol–water partition coefficient (Wildman–Crippen LogP) is 6.22. The van der Waals surface area contributed by atoms with E-state index in [9.17, 15) is 14.7 Å². The first kappa shape index (κ1) is 30.1. The lowest BCUT2D eigenvalue weighted by Gasteiger charge is -2.60. The molecule has 0 radical (unpaired) electrons. The molecule has 1 heterocycles. The van der Waals surface area contributed by atoms with Crippen molar-refractivity contribution in [3.63, 3.8) is 0 Å². The molecule has 5 fully saturated rings. The highest BCUT2D eigenvalue weighted by Crippen LogP contribution is 2.67. The van der Waals surface area contributed by atoms with Gasteiger partial charge in [0.2, 0.25) is 0 Å². The lowest BCUT2D eigenvalue weighted by atomic mass is 9.44. The summed E-state index contributed by atoms with van der Waals surface area (Å²) in [6, 6.07) is 0. The molecule has 0 bridgehead atoms. The van der Waals surface area contributed by atoms with Crippen molar-refractivity contribution in [2.45, 2.75) is 142 Å². The topological polar surface area (TPSA) is 82.1 Å². The average Bonchev–Trinajstić information content (AvgIpc) is 3.21. The fraction of sp³-hybridized carbons (Fsp3) is 0.882. The van der Waals surface area contributed by atoms with Crippen molar-refractivity contribution >= 4 is 11.8 Å². The smallest absolute Gasteiger partial charge is 0.302 e. The highest BCUT2D eigenvalue weighted by molar-refractivity contribution is 5.84. The van der Waals surface area contributed by atoms with Gasteiger partial charge in [0.25, 0.3) is 0 Å². The summed E-state index contributed by atoms with van der Waals surface area (Å²) >= 11 is 0. The lowest BCUT2D eigenvalue weighted by Crippen LogP contribution is -2.59. The molecule has 0 amide bonds. The molecule has 4 saturated carbocycles. The van der Waals surface area contributed by atoms with Gasteiger partial charge in [-0.15, -0.1) is 0 Å². The number of ketones is 1. The maximum atomic E-state index is 14.1. The van der Waals surface area contributed by atoms with Crippen LogP contribution in [0.2, 0.25) is 0 Å². The molecule has 224 valence electrons. The number of hydrogen-bond donors (Lipinski definition) is 1. The minimum absolute atomic E-state index is 0.00816. The van der Waals surface area contributed by atoms with Crippen molar-refractivity contribution in [3.8, 4) is 11.8 Å². The van der Waals surface area contributed by atoms with E-state index in [1.165, 1.54) is 6.92 Å². The first-order valence-electron chi connectivity index (χ1n) is 16.0. The Balaban J connectivity index is 1.28. The Kier molecular flexibility index (Phi) is 8.27. The Hall–Kier alpha value is -1.42. The number of hydrogen-bond acceptors (Lipinski definition) is 6. The Labute approximate surface area is 241 Å². The molecule has 3 unspecified atom stereocenters. The molecule has 0 spiro atoms. The summed E-state index contributed by atoms with van der Waals surface area (Å²) in [5.74, 6) is 7.98. The number of ether oxygens (including phenoxy) is 3. The molecule has 1 aliphatic heterocycles. The van der Waals surface area contributed by atoms with Crippen molar-refractivity contribution in [1.29, 1.82) is 0 Å². The van der Waals surface area contributed by atoms with Gasteiger partial charge in [-0.3, -0.25) is 9.59 Å². The molecule has 0 aromatic rings. The van der Waals surface area contributed by atoms with Gasteiger partial charge in [-0.2, -0.15) is 0 Å². The minimum atomic E-state index is -1.16. The second-order valence-corrected chi connectivity index (χ2v) is 15.1. The lowest BCUT2D eigenvalue weighted by molar-refractivity contribution is -0.213. The van der Waals surface area contributed by atoms with Gasteiger partial charge < -0.3 is 19.3 Å². The van der Waals surface area contributed by atoms with Crippen LogP contribution < -0.4 is 0 Å². The van der Waals surface area contributed by atoms with E-state index in [1.807, 2.05) is 20.8 Å². The summed E-state index contributed by atoms with van der Waals surface area (Å²) in [5.41, 5.74) is -1.87. The van der Waals surface area contributed by atoms with Crippen molar-refractivity contribution < 1.29 is 28.9 Å². The molecule has 1 N–H and O–H groups in total. The van der Waals surface area contributed by atoms with Crippen molar-refractivity contribution in [2.24, 2.45) is 40.4 Å². The van der Waals surface area contributed by atoms with Gasteiger partial charge in [-0.05, 0) is 114 Å². The van der Waals surface area contributed by atoms with Gasteiger partial charge in [0, 0.05) is 38.2 Å². The van der Waals surface area contributed by atoms with Gasteiger partial charge in [0.05, 0.1) is 5.60 Å². The molecule has 6 nitrogen and oxygen atoms in total. The minimum Gasteiger partial charge on any atom is -0.463 e. The SMILES string of the molecule is CC(=O)OC1CC[C@@]2(C)C(CC[C@H]3[C@@H]4CC[C@H]([C@@](C)(O)C#CCC(C)(C)OC5CCCCO5)[C@@]4(C)CC(=O)[C@@H]32)C1. The number of aliphatic hydroxyl groups is 1. The first-order valence-corrected chi connectivity index (χ1v) is 16.0. The molecule has 1 saturated heterocycles. The summed E-state index contributed by atoms with van der Waals surface area (Å²) in [6.45, 7) is 12.8. The van der Waals surface area contributed by atoms with Crippen molar-refractivity contribution in [2.75, 3.05) is 6.61 Å². The van der Waals surface area contributed by atoms with Crippen LogP contribution in [0.4, 0.5) is 0 Å². The predicted molar refractivity (Wildman–Crippen MR) is 153 cm³/mol. The molecular formula is C34H52O6. The van der Waals surface area contributed by atoms with E-state index >= 15 is 0 Å². The normalized spacial score (nSPS) is 42.9. The molecule has 40 heavy (non-hydrogen) atoms. The summed E-state index contributed by atoms with van der Waals surface area (Å²) in [6.07, 6.45) is 10.8. The first-order chi connectivity index (χ1) is 18.8. The number of Topliss-reactive ketones (excluding diaryl/α,β-unsaturated/α-hetero) is 1. The van der Waals surface area contributed by atoms with Crippen molar-refractivity contribution in [3.05, 3.63) is 0 Å². The van der Waals surface area contributed by atoms with Gasteiger partial charge in [-0.25, -0.2) is 0 Å². The Morgan fingerprint density at radius 1 is 1.07 bits per heavy atom. The van der Waals surface area contributed by atoms with E-state index in [0.717, 1.165) is 70.8 Å². The fourth-order valence-electron chi connectivity index (χ4n) is 10.0. The van der Waals surface area contributed by atoms with Crippen LogP contribution in [-0.4, -0.2) is 47.1 Å². The number of carbonyl (C=O) groups excluding carboxylic acids is 2. The van der Waals surface area contributed by atoms with Crippen LogP contribution in [0.3, 0.4) is 0 Å². The standard InChI is InChI=1S/C34H52O6/c1-22(35)39-24-15-18-32(4)23(20-24)11-12-25-26-13-14-28(33(26,5)21-27(36)30(25)32)34(6,37)17-9-16-31(2,3)40-29-10-7-8-19-38-29/h23-26,28-30,37H,7-8,10-16,18-21H2,1-6H3/t23?,24?,25-,26-,28-,29?,30+,32-,33-,34-/m0/s1. The second kappa shape index (κ2) is 11.0. The van der Waals surface area contributed by atoms with Crippen LogP contribution in [0.1, 0.15) is 119 Å². The van der Waals surface area contributed by atoms with Gasteiger partial charge in [0.1, 0.15) is 17.5 Å². The molecular weight excluding hydrogens is 504 g/mol.